The van der Waals surface area contributed by atoms with Crippen molar-refractivity contribution >= 4 is 35.1 Å². The van der Waals surface area contributed by atoms with Gasteiger partial charge in [0.1, 0.15) is 11.5 Å². The Morgan fingerprint density at radius 2 is 1.66 bits per heavy atom. The van der Waals surface area contributed by atoms with E-state index in [-0.39, 0.29) is 42.5 Å². The largest absolute Gasteiger partial charge is 0.497 e. The van der Waals surface area contributed by atoms with Crippen molar-refractivity contribution in [2.45, 2.75) is 26.2 Å². The summed E-state index contributed by atoms with van der Waals surface area (Å²) in [4.78, 5) is 53.8. The summed E-state index contributed by atoms with van der Waals surface area (Å²) < 4.78 is 10.7. The zero-order valence-corrected chi connectivity index (χ0v) is 19.6. The fraction of sp³-hybridized carbons (Fsp3) is 0.333. The third kappa shape index (κ3) is 4.20. The molecule has 1 aliphatic carbocycles. The number of carbonyl (C=O) groups is 4. The van der Waals surface area contributed by atoms with E-state index in [0.717, 1.165) is 5.57 Å². The number of nitrogens with zero attached hydrogens (tertiary/aromatic N) is 2. The van der Waals surface area contributed by atoms with Gasteiger partial charge in [0.15, 0.2) is 0 Å². The molecule has 3 atom stereocenters. The van der Waals surface area contributed by atoms with Gasteiger partial charge in [-0.15, -0.1) is 0 Å². The molecule has 2 fully saturated rings. The second kappa shape index (κ2) is 9.02. The highest BCUT2D eigenvalue weighted by Crippen LogP contribution is 2.40. The maximum atomic E-state index is 12.9. The molecule has 0 unspecified atom stereocenters. The lowest BCUT2D eigenvalue weighted by Crippen LogP contribution is -2.30. The maximum Gasteiger partial charge on any atom is 0.316 e. The number of fused-ring (bicyclic) bond motifs is 1. The highest BCUT2D eigenvalue weighted by Gasteiger charge is 2.48. The van der Waals surface area contributed by atoms with Crippen LogP contribution < -0.4 is 19.3 Å². The molecule has 0 N–H and O–H groups in total. The van der Waals surface area contributed by atoms with E-state index < -0.39 is 11.9 Å². The monoisotopic (exact) mass is 474 g/mol. The lowest BCUT2D eigenvalue weighted by Gasteiger charge is -2.18. The number of hydrogen-bond acceptors (Lipinski definition) is 6. The van der Waals surface area contributed by atoms with Gasteiger partial charge in [0.05, 0.1) is 30.6 Å². The first kappa shape index (κ1) is 22.8. The third-order valence-corrected chi connectivity index (χ3v) is 6.96. The third-order valence-electron chi connectivity index (χ3n) is 6.96. The minimum Gasteiger partial charge on any atom is -0.497 e. The molecule has 0 radical (unpaired) electrons. The Bertz CT molecular complexity index is 1230. The summed E-state index contributed by atoms with van der Waals surface area (Å²) in [6, 6.07) is 13.5. The van der Waals surface area contributed by atoms with Gasteiger partial charge in [-0.3, -0.25) is 24.1 Å². The molecule has 5 rings (SSSR count). The number of benzene rings is 2. The summed E-state index contributed by atoms with van der Waals surface area (Å²) in [5.41, 5.74) is 2.26. The maximum absolute atomic E-state index is 12.9. The van der Waals surface area contributed by atoms with Crippen LogP contribution in [0.2, 0.25) is 0 Å². The van der Waals surface area contributed by atoms with Crippen LogP contribution in [0.5, 0.6) is 11.5 Å². The van der Waals surface area contributed by atoms with E-state index in [1.54, 1.807) is 60.5 Å². The quantitative estimate of drug-likeness (QED) is 0.285. The fourth-order valence-electron chi connectivity index (χ4n) is 5.05. The van der Waals surface area contributed by atoms with Crippen molar-refractivity contribution in [2.24, 2.45) is 17.8 Å². The molecule has 0 saturated carbocycles. The average molecular weight is 475 g/mol. The van der Waals surface area contributed by atoms with Crippen LogP contribution in [0.25, 0.3) is 0 Å². The van der Waals surface area contributed by atoms with Gasteiger partial charge in [0.25, 0.3) is 0 Å². The zero-order valence-electron chi connectivity index (χ0n) is 19.6. The Hall–Kier alpha value is -3.94. The van der Waals surface area contributed by atoms with Gasteiger partial charge in [0, 0.05) is 24.7 Å². The number of rotatable bonds is 5. The molecule has 8 heteroatoms. The first-order valence-corrected chi connectivity index (χ1v) is 11.7. The first-order chi connectivity index (χ1) is 16.9. The minimum absolute atomic E-state index is 0.0567. The number of ether oxygens (including phenoxy) is 2. The van der Waals surface area contributed by atoms with Crippen LogP contribution in [-0.4, -0.2) is 37.3 Å². The molecule has 3 aliphatic rings. The van der Waals surface area contributed by atoms with E-state index in [0.29, 0.717) is 35.7 Å². The summed E-state index contributed by atoms with van der Waals surface area (Å²) in [6.45, 7) is 2.20. The Morgan fingerprint density at radius 1 is 0.914 bits per heavy atom. The average Bonchev–Trinajstić information content (AvgIpc) is 3.37. The van der Waals surface area contributed by atoms with Gasteiger partial charge in [0.2, 0.25) is 17.7 Å². The second-order valence-electron chi connectivity index (χ2n) is 9.24. The van der Waals surface area contributed by atoms with Crippen LogP contribution in [0.1, 0.15) is 26.2 Å². The first-order valence-electron chi connectivity index (χ1n) is 11.7. The topological polar surface area (TPSA) is 93.2 Å². The van der Waals surface area contributed by atoms with E-state index >= 15 is 0 Å². The molecule has 0 spiro atoms. The number of imide groups is 1. The van der Waals surface area contributed by atoms with Crippen LogP contribution in [0.3, 0.4) is 0 Å². The van der Waals surface area contributed by atoms with Crippen LogP contribution in [0, 0.1) is 17.8 Å². The summed E-state index contributed by atoms with van der Waals surface area (Å²) in [6.07, 6.45) is 3.28. The molecular weight excluding hydrogens is 448 g/mol. The normalized spacial score (nSPS) is 23.9. The SMILES string of the molecule is COc1cccc(N2C[C@H](C(=O)Oc3ccc(N4C(=O)[C@H]5CC=C(C)C[C@H]5C4=O)cc3)CC2=O)c1. The Labute approximate surface area is 203 Å². The minimum atomic E-state index is -0.603. The number of amides is 3. The molecule has 2 heterocycles. The number of esters is 1. The molecule has 180 valence electrons. The van der Waals surface area contributed by atoms with Gasteiger partial charge >= 0.3 is 5.97 Å². The molecule has 2 aromatic carbocycles. The van der Waals surface area contributed by atoms with E-state index in [2.05, 4.69) is 0 Å². The number of methoxy groups -OCH3 is 1. The Balaban J connectivity index is 1.24. The van der Waals surface area contributed by atoms with Crippen molar-refractivity contribution in [3.8, 4) is 11.5 Å². The van der Waals surface area contributed by atoms with Crippen molar-refractivity contribution < 1.29 is 28.7 Å². The Morgan fingerprint density at radius 3 is 2.40 bits per heavy atom. The predicted molar refractivity (Wildman–Crippen MR) is 128 cm³/mol. The van der Waals surface area contributed by atoms with Crippen molar-refractivity contribution in [1.29, 1.82) is 0 Å². The summed E-state index contributed by atoms with van der Waals surface area (Å²) >= 11 is 0. The molecule has 0 bridgehead atoms. The van der Waals surface area contributed by atoms with E-state index in [9.17, 15) is 19.2 Å². The zero-order chi connectivity index (χ0) is 24.7. The van der Waals surface area contributed by atoms with Crippen molar-refractivity contribution in [3.05, 3.63) is 60.2 Å². The number of carbonyl (C=O) groups excluding carboxylic acids is 4. The van der Waals surface area contributed by atoms with Crippen molar-refractivity contribution in [1.82, 2.24) is 0 Å². The van der Waals surface area contributed by atoms with Gasteiger partial charge in [-0.25, -0.2) is 0 Å². The molecule has 35 heavy (non-hydrogen) atoms. The molecule has 8 nitrogen and oxygen atoms in total. The van der Waals surface area contributed by atoms with Crippen LogP contribution in [0.15, 0.2) is 60.2 Å². The molecule has 2 aromatic rings. The number of allylic oxidation sites excluding steroid dienone is 2. The summed E-state index contributed by atoms with van der Waals surface area (Å²) in [5, 5.41) is 0. The van der Waals surface area contributed by atoms with Crippen molar-refractivity contribution in [3.63, 3.8) is 0 Å². The fourth-order valence-corrected chi connectivity index (χ4v) is 5.05. The van der Waals surface area contributed by atoms with Crippen LogP contribution in [-0.2, 0) is 19.2 Å². The van der Waals surface area contributed by atoms with Gasteiger partial charge in [-0.05, 0) is 56.2 Å². The summed E-state index contributed by atoms with van der Waals surface area (Å²) in [7, 11) is 1.55. The Kier molecular flexibility index (Phi) is 5.88. The number of hydrogen-bond donors (Lipinski definition) is 0. The van der Waals surface area contributed by atoms with Gasteiger partial charge < -0.3 is 14.4 Å². The van der Waals surface area contributed by atoms with Crippen LogP contribution >= 0.6 is 0 Å². The number of anilines is 2. The van der Waals surface area contributed by atoms with Crippen LogP contribution in [0.4, 0.5) is 11.4 Å². The lowest BCUT2D eigenvalue weighted by atomic mass is 9.82. The summed E-state index contributed by atoms with van der Waals surface area (Å²) in [5.74, 6) is -1.33. The predicted octanol–water partition coefficient (Wildman–Crippen LogP) is 3.50. The highest BCUT2D eigenvalue weighted by atomic mass is 16.5. The molecule has 3 amide bonds. The van der Waals surface area contributed by atoms with E-state index in [1.807, 2.05) is 13.0 Å². The molecule has 2 aliphatic heterocycles. The molecular formula is C27H26N2O6. The second-order valence-corrected chi connectivity index (χ2v) is 9.24. The van der Waals surface area contributed by atoms with Crippen molar-refractivity contribution in [2.75, 3.05) is 23.5 Å². The van der Waals surface area contributed by atoms with E-state index in [4.69, 9.17) is 9.47 Å². The molecule has 0 aromatic heterocycles. The van der Waals surface area contributed by atoms with Gasteiger partial charge in [-0.2, -0.15) is 0 Å². The highest BCUT2D eigenvalue weighted by molar-refractivity contribution is 6.22. The lowest BCUT2D eigenvalue weighted by molar-refractivity contribution is -0.139. The van der Waals surface area contributed by atoms with E-state index in [1.165, 1.54) is 4.90 Å². The van der Waals surface area contributed by atoms with Gasteiger partial charge in [-0.1, -0.05) is 17.7 Å². The standard InChI is InChI=1S/C27H26N2O6/c1-16-6-11-22-23(12-16)26(32)29(25(22)31)18-7-9-20(10-8-18)35-27(33)17-13-24(30)28(15-17)19-4-3-5-21(14-19)34-2/h3-10,14,17,22-23H,11-13,15H2,1-2H3/t17-,22+,23-/m1/s1. The molecule has 2 saturated heterocycles. The smallest absolute Gasteiger partial charge is 0.316 e.